The van der Waals surface area contributed by atoms with Gasteiger partial charge >= 0.3 is 0 Å². The molecule has 1 aromatic rings. The lowest BCUT2D eigenvalue weighted by Gasteiger charge is -2.04. The zero-order valence-corrected chi connectivity index (χ0v) is 8.45. The quantitative estimate of drug-likeness (QED) is 0.660. The monoisotopic (exact) mass is 187 g/mol. The molecule has 1 aromatic carbocycles. The zero-order valence-electron chi connectivity index (χ0n) is 8.45. The number of rotatable bonds is 1. The Hall–Kier alpha value is -1.57. The highest BCUT2D eigenvalue weighted by atomic mass is 16.2. The standard InChI is InChI=1S/C12H13NO/c1-3-4-9-5-6-10-8-13(2)12(14)11(10)7-9/h3-7H,8H2,1-2H3/b4-3+. The van der Waals surface area contributed by atoms with Crippen molar-refractivity contribution in [3.63, 3.8) is 0 Å². The van der Waals surface area contributed by atoms with E-state index in [-0.39, 0.29) is 5.91 Å². The minimum absolute atomic E-state index is 0.131. The molecular formula is C12H13NO. The Balaban J connectivity index is 2.46. The van der Waals surface area contributed by atoms with Gasteiger partial charge in [0.2, 0.25) is 0 Å². The molecule has 0 N–H and O–H groups in total. The van der Waals surface area contributed by atoms with Crippen molar-refractivity contribution in [3.8, 4) is 0 Å². The Labute approximate surface area is 83.8 Å². The van der Waals surface area contributed by atoms with Crippen molar-refractivity contribution in [1.82, 2.24) is 4.90 Å². The highest BCUT2D eigenvalue weighted by Gasteiger charge is 2.23. The van der Waals surface area contributed by atoms with Crippen LogP contribution in [-0.4, -0.2) is 17.9 Å². The summed E-state index contributed by atoms with van der Waals surface area (Å²) in [5.74, 6) is 0.131. The third kappa shape index (κ3) is 1.33. The summed E-state index contributed by atoms with van der Waals surface area (Å²) in [4.78, 5) is 13.4. The molecule has 2 rings (SSSR count). The van der Waals surface area contributed by atoms with Crippen molar-refractivity contribution < 1.29 is 4.79 Å². The second kappa shape index (κ2) is 3.29. The van der Waals surface area contributed by atoms with Gasteiger partial charge in [-0.05, 0) is 24.1 Å². The van der Waals surface area contributed by atoms with Crippen molar-refractivity contribution in [3.05, 3.63) is 41.0 Å². The lowest BCUT2D eigenvalue weighted by Crippen LogP contribution is -2.17. The van der Waals surface area contributed by atoms with Gasteiger partial charge in [-0.2, -0.15) is 0 Å². The fraction of sp³-hybridized carbons (Fsp3) is 0.250. The van der Waals surface area contributed by atoms with Crippen LogP contribution in [0.5, 0.6) is 0 Å². The van der Waals surface area contributed by atoms with E-state index in [0.29, 0.717) is 0 Å². The van der Waals surface area contributed by atoms with Crippen LogP contribution in [-0.2, 0) is 6.54 Å². The first-order valence-corrected chi connectivity index (χ1v) is 4.73. The summed E-state index contributed by atoms with van der Waals surface area (Å²) >= 11 is 0. The minimum atomic E-state index is 0.131. The third-order valence-corrected chi connectivity index (χ3v) is 2.48. The SMILES string of the molecule is C/C=C/c1ccc2c(c1)C(=O)N(C)C2. The number of benzene rings is 1. The van der Waals surface area contributed by atoms with Crippen LogP contribution in [0.1, 0.15) is 28.4 Å². The molecular weight excluding hydrogens is 174 g/mol. The first-order valence-electron chi connectivity index (χ1n) is 4.73. The molecule has 72 valence electrons. The van der Waals surface area contributed by atoms with E-state index >= 15 is 0 Å². The van der Waals surface area contributed by atoms with E-state index in [1.807, 2.05) is 44.3 Å². The number of amides is 1. The number of fused-ring (bicyclic) bond motifs is 1. The van der Waals surface area contributed by atoms with Crippen molar-refractivity contribution in [2.24, 2.45) is 0 Å². The maximum absolute atomic E-state index is 11.7. The van der Waals surface area contributed by atoms with Crippen LogP contribution in [0.25, 0.3) is 6.08 Å². The summed E-state index contributed by atoms with van der Waals surface area (Å²) < 4.78 is 0. The molecule has 0 spiro atoms. The number of carbonyl (C=O) groups excluding carboxylic acids is 1. The largest absolute Gasteiger partial charge is 0.337 e. The number of nitrogens with zero attached hydrogens (tertiary/aromatic N) is 1. The van der Waals surface area contributed by atoms with Crippen molar-refractivity contribution in [2.45, 2.75) is 13.5 Å². The molecule has 0 aromatic heterocycles. The number of hydrogen-bond donors (Lipinski definition) is 0. The Morgan fingerprint density at radius 2 is 2.21 bits per heavy atom. The fourth-order valence-corrected chi connectivity index (χ4v) is 1.76. The van der Waals surface area contributed by atoms with Gasteiger partial charge in [0.15, 0.2) is 0 Å². The molecule has 1 aliphatic heterocycles. The van der Waals surface area contributed by atoms with E-state index in [4.69, 9.17) is 0 Å². The molecule has 1 heterocycles. The van der Waals surface area contributed by atoms with Crippen LogP contribution in [0, 0.1) is 0 Å². The molecule has 1 aliphatic rings. The summed E-state index contributed by atoms with van der Waals surface area (Å²) in [5, 5.41) is 0. The van der Waals surface area contributed by atoms with Crippen molar-refractivity contribution in [1.29, 1.82) is 0 Å². The minimum Gasteiger partial charge on any atom is -0.337 e. The van der Waals surface area contributed by atoms with Crippen LogP contribution < -0.4 is 0 Å². The molecule has 0 aliphatic carbocycles. The van der Waals surface area contributed by atoms with E-state index in [1.165, 1.54) is 0 Å². The summed E-state index contributed by atoms with van der Waals surface area (Å²) in [7, 11) is 1.83. The van der Waals surface area contributed by atoms with Gasteiger partial charge in [0.1, 0.15) is 0 Å². The van der Waals surface area contributed by atoms with Gasteiger partial charge in [-0.25, -0.2) is 0 Å². The van der Waals surface area contributed by atoms with Gasteiger partial charge in [0.05, 0.1) is 0 Å². The summed E-state index contributed by atoms with van der Waals surface area (Å²) in [5.41, 5.74) is 3.07. The topological polar surface area (TPSA) is 20.3 Å². The lowest BCUT2D eigenvalue weighted by atomic mass is 10.1. The normalized spacial score (nSPS) is 15.3. The van der Waals surface area contributed by atoms with E-state index in [2.05, 4.69) is 0 Å². The van der Waals surface area contributed by atoms with Gasteiger partial charge in [-0.1, -0.05) is 24.3 Å². The predicted octanol–water partition coefficient (Wildman–Crippen LogP) is 2.31. The number of carbonyl (C=O) groups is 1. The molecule has 2 heteroatoms. The van der Waals surface area contributed by atoms with Gasteiger partial charge in [-0.15, -0.1) is 0 Å². The summed E-state index contributed by atoms with van der Waals surface area (Å²) in [6.45, 7) is 2.71. The molecule has 0 saturated carbocycles. The van der Waals surface area contributed by atoms with Crippen LogP contribution in [0.15, 0.2) is 24.3 Å². The molecule has 1 amide bonds. The van der Waals surface area contributed by atoms with Gasteiger partial charge in [0.25, 0.3) is 5.91 Å². The van der Waals surface area contributed by atoms with E-state index < -0.39 is 0 Å². The second-order valence-electron chi connectivity index (χ2n) is 3.58. The Kier molecular flexibility index (Phi) is 2.12. The average molecular weight is 187 g/mol. The van der Waals surface area contributed by atoms with Crippen molar-refractivity contribution in [2.75, 3.05) is 7.05 Å². The molecule has 0 saturated heterocycles. The molecule has 0 bridgehead atoms. The zero-order chi connectivity index (χ0) is 10.1. The van der Waals surface area contributed by atoms with Gasteiger partial charge in [0, 0.05) is 19.2 Å². The maximum atomic E-state index is 11.7. The van der Waals surface area contributed by atoms with E-state index in [1.54, 1.807) is 4.90 Å². The van der Waals surface area contributed by atoms with Crippen LogP contribution in [0.3, 0.4) is 0 Å². The number of hydrogen-bond acceptors (Lipinski definition) is 1. The van der Waals surface area contributed by atoms with Crippen LogP contribution in [0.4, 0.5) is 0 Å². The van der Waals surface area contributed by atoms with Crippen molar-refractivity contribution >= 4 is 12.0 Å². The predicted molar refractivity (Wildman–Crippen MR) is 56.9 cm³/mol. The Morgan fingerprint density at radius 1 is 1.43 bits per heavy atom. The van der Waals surface area contributed by atoms with E-state index in [9.17, 15) is 4.79 Å². The molecule has 0 fully saturated rings. The lowest BCUT2D eigenvalue weighted by molar-refractivity contribution is 0.0816. The second-order valence-corrected chi connectivity index (χ2v) is 3.58. The highest BCUT2D eigenvalue weighted by Crippen LogP contribution is 2.22. The van der Waals surface area contributed by atoms with Crippen LogP contribution >= 0.6 is 0 Å². The van der Waals surface area contributed by atoms with Crippen LogP contribution in [0.2, 0.25) is 0 Å². The molecule has 0 unspecified atom stereocenters. The molecule has 0 atom stereocenters. The average Bonchev–Trinajstić information content (AvgIpc) is 2.45. The smallest absolute Gasteiger partial charge is 0.254 e. The first kappa shape index (κ1) is 9.00. The number of allylic oxidation sites excluding steroid dienone is 1. The summed E-state index contributed by atoms with van der Waals surface area (Å²) in [6, 6.07) is 6.04. The fourth-order valence-electron chi connectivity index (χ4n) is 1.76. The van der Waals surface area contributed by atoms with Gasteiger partial charge in [-0.3, -0.25) is 4.79 Å². The van der Waals surface area contributed by atoms with E-state index in [0.717, 1.165) is 23.2 Å². The summed E-state index contributed by atoms with van der Waals surface area (Å²) in [6.07, 6.45) is 3.98. The first-order chi connectivity index (χ1) is 6.72. The highest BCUT2D eigenvalue weighted by molar-refractivity contribution is 5.98. The van der Waals surface area contributed by atoms with Gasteiger partial charge < -0.3 is 4.90 Å². The molecule has 14 heavy (non-hydrogen) atoms. The Morgan fingerprint density at radius 3 is 2.93 bits per heavy atom. The third-order valence-electron chi connectivity index (χ3n) is 2.48. The Bertz CT molecular complexity index is 407. The molecule has 0 radical (unpaired) electrons. The molecule has 2 nitrogen and oxygen atoms in total. The maximum Gasteiger partial charge on any atom is 0.254 e.